The van der Waals surface area contributed by atoms with Gasteiger partial charge in [-0.1, -0.05) is 6.92 Å². The lowest BCUT2D eigenvalue weighted by Crippen LogP contribution is -2.46. The maximum atomic E-state index is 5.67. The second-order valence-electron chi connectivity index (χ2n) is 6.22. The first-order valence-electron chi connectivity index (χ1n) is 8.51. The summed E-state index contributed by atoms with van der Waals surface area (Å²) in [7, 11) is 0. The van der Waals surface area contributed by atoms with Gasteiger partial charge in [0, 0.05) is 35.8 Å². The van der Waals surface area contributed by atoms with Crippen molar-refractivity contribution < 1.29 is 4.74 Å². The van der Waals surface area contributed by atoms with Crippen molar-refractivity contribution in [3.05, 3.63) is 35.8 Å². The molecule has 5 nitrogen and oxygen atoms in total. The highest BCUT2D eigenvalue weighted by Crippen LogP contribution is 2.33. The van der Waals surface area contributed by atoms with Gasteiger partial charge in [0.1, 0.15) is 5.82 Å². The maximum Gasteiger partial charge on any atom is 0.161 e. The van der Waals surface area contributed by atoms with Gasteiger partial charge in [0.2, 0.25) is 0 Å². The standard InChI is InChI=1S/C18H22N4O/c1-2-14-12-23-11-10-22(14)18-15-4-3-5-16(15)20-17(21-18)13-6-8-19-9-7-13/h6-9,14H,2-5,10-12H2,1H3. The van der Waals surface area contributed by atoms with Crippen molar-refractivity contribution in [1.82, 2.24) is 15.0 Å². The molecule has 4 rings (SSSR count). The van der Waals surface area contributed by atoms with Gasteiger partial charge in [-0.15, -0.1) is 0 Å². The molecule has 0 saturated carbocycles. The molecule has 0 spiro atoms. The molecule has 2 aromatic rings. The quantitative estimate of drug-likeness (QED) is 0.872. The lowest BCUT2D eigenvalue weighted by Gasteiger charge is -2.37. The highest BCUT2D eigenvalue weighted by molar-refractivity contribution is 5.61. The largest absolute Gasteiger partial charge is 0.377 e. The van der Waals surface area contributed by atoms with E-state index < -0.39 is 0 Å². The molecule has 23 heavy (non-hydrogen) atoms. The Labute approximate surface area is 136 Å². The van der Waals surface area contributed by atoms with E-state index in [1.165, 1.54) is 17.7 Å². The molecule has 2 aliphatic rings. The van der Waals surface area contributed by atoms with E-state index in [4.69, 9.17) is 14.7 Å². The minimum atomic E-state index is 0.411. The minimum Gasteiger partial charge on any atom is -0.377 e. The van der Waals surface area contributed by atoms with Gasteiger partial charge in [0.15, 0.2) is 5.82 Å². The number of ether oxygens (including phenoxy) is 1. The molecule has 5 heteroatoms. The molecule has 1 saturated heterocycles. The number of pyridine rings is 1. The van der Waals surface area contributed by atoms with E-state index in [0.29, 0.717) is 6.04 Å². The third-order valence-corrected chi connectivity index (χ3v) is 4.82. The second kappa shape index (κ2) is 6.24. The van der Waals surface area contributed by atoms with Crippen LogP contribution in [0.3, 0.4) is 0 Å². The molecule has 1 aliphatic heterocycles. The fourth-order valence-electron chi connectivity index (χ4n) is 3.55. The van der Waals surface area contributed by atoms with E-state index in [1.807, 2.05) is 12.1 Å². The van der Waals surface area contributed by atoms with Crippen molar-refractivity contribution in [3.8, 4) is 11.4 Å². The topological polar surface area (TPSA) is 51.1 Å². The predicted molar refractivity (Wildman–Crippen MR) is 89.5 cm³/mol. The van der Waals surface area contributed by atoms with Crippen LogP contribution in [0.5, 0.6) is 0 Å². The average Bonchev–Trinajstić information content (AvgIpc) is 3.10. The van der Waals surface area contributed by atoms with Gasteiger partial charge in [-0.3, -0.25) is 4.98 Å². The van der Waals surface area contributed by atoms with Gasteiger partial charge in [-0.05, 0) is 37.8 Å². The Morgan fingerprint density at radius 1 is 1.22 bits per heavy atom. The van der Waals surface area contributed by atoms with Gasteiger partial charge in [-0.2, -0.15) is 0 Å². The van der Waals surface area contributed by atoms with Crippen LogP contribution < -0.4 is 4.90 Å². The summed E-state index contributed by atoms with van der Waals surface area (Å²) in [6.07, 6.45) is 8.00. The number of fused-ring (bicyclic) bond motifs is 1. The first-order chi connectivity index (χ1) is 11.4. The smallest absolute Gasteiger partial charge is 0.161 e. The van der Waals surface area contributed by atoms with Gasteiger partial charge in [0.25, 0.3) is 0 Å². The first-order valence-corrected chi connectivity index (χ1v) is 8.51. The van der Waals surface area contributed by atoms with Crippen LogP contribution in [-0.2, 0) is 17.6 Å². The third-order valence-electron chi connectivity index (χ3n) is 4.82. The van der Waals surface area contributed by atoms with Crippen LogP contribution in [-0.4, -0.2) is 40.8 Å². The molecule has 1 aliphatic carbocycles. The zero-order chi connectivity index (χ0) is 15.6. The molecule has 1 atom stereocenters. The molecular formula is C18H22N4O. The van der Waals surface area contributed by atoms with E-state index in [2.05, 4.69) is 16.8 Å². The molecule has 0 amide bonds. The number of nitrogens with zero attached hydrogens (tertiary/aromatic N) is 4. The van der Waals surface area contributed by atoms with Gasteiger partial charge >= 0.3 is 0 Å². The number of hydrogen-bond donors (Lipinski definition) is 0. The Morgan fingerprint density at radius 2 is 2.09 bits per heavy atom. The average molecular weight is 310 g/mol. The minimum absolute atomic E-state index is 0.411. The van der Waals surface area contributed by atoms with Crippen LogP contribution in [0.2, 0.25) is 0 Å². The normalized spacial score (nSPS) is 20.6. The summed E-state index contributed by atoms with van der Waals surface area (Å²) in [4.78, 5) is 16.3. The van der Waals surface area contributed by atoms with Crippen LogP contribution in [0.4, 0.5) is 5.82 Å². The molecule has 0 radical (unpaired) electrons. The van der Waals surface area contributed by atoms with Gasteiger partial charge in [-0.25, -0.2) is 9.97 Å². The van der Waals surface area contributed by atoms with Crippen LogP contribution in [0.15, 0.2) is 24.5 Å². The Bertz CT molecular complexity index is 689. The summed E-state index contributed by atoms with van der Waals surface area (Å²) >= 11 is 0. The van der Waals surface area contributed by atoms with Crippen LogP contribution in [0.1, 0.15) is 31.0 Å². The predicted octanol–water partition coefficient (Wildman–Crippen LogP) is 2.64. The Hall–Kier alpha value is -2.01. The highest BCUT2D eigenvalue weighted by atomic mass is 16.5. The molecule has 120 valence electrons. The third kappa shape index (κ3) is 2.70. The summed E-state index contributed by atoms with van der Waals surface area (Å²) in [5.41, 5.74) is 3.61. The van der Waals surface area contributed by atoms with Crippen molar-refractivity contribution in [2.75, 3.05) is 24.7 Å². The monoisotopic (exact) mass is 310 g/mol. The SMILES string of the molecule is CCC1COCCN1c1nc(-c2ccncc2)nc2c1CCC2. The van der Waals surface area contributed by atoms with Crippen molar-refractivity contribution in [1.29, 1.82) is 0 Å². The lowest BCUT2D eigenvalue weighted by molar-refractivity contribution is 0.0925. The summed E-state index contributed by atoms with van der Waals surface area (Å²) < 4.78 is 5.67. The summed E-state index contributed by atoms with van der Waals surface area (Å²) in [6.45, 7) is 4.70. The van der Waals surface area contributed by atoms with E-state index in [0.717, 1.165) is 56.2 Å². The zero-order valence-electron chi connectivity index (χ0n) is 13.5. The second-order valence-corrected chi connectivity index (χ2v) is 6.22. The van der Waals surface area contributed by atoms with E-state index in [9.17, 15) is 0 Å². The number of hydrogen-bond acceptors (Lipinski definition) is 5. The van der Waals surface area contributed by atoms with Crippen molar-refractivity contribution >= 4 is 5.82 Å². The van der Waals surface area contributed by atoms with Crippen LogP contribution in [0.25, 0.3) is 11.4 Å². The van der Waals surface area contributed by atoms with Crippen molar-refractivity contribution in [2.24, 2.45) is 0 Å². The van der Waals surface area contributed by atoms with Crippen LogP contribution in [0, 0.1) is 0 Å². The molecule has 0 bridgehead atoms. The number of aryl methyl sites for hydroxylation is 1. The maximum absolute atomic E-state index is 5.67. The fraction of sp³-hybridized carbons (Fsp3) is 0.500. The molecule has 1 unspecified atom stereocenters. The molecule has 2 aromatic heterocycles. The molecule has 0 aromatic carbocycles. The lowest BCUT2D eigenvalue weighted by atomic mass is 10.1. The number of anilines is 1. The van der Waals surface area contributed by atoms with E-state index in [-0.39, 0.29) is 0 Å². The van der Waals surface area contributed by atoms with E-state index >= 15 is 0 Å². The number of aromatic nitrogens is 3. The van der Waals surface area contributed by atoms with Gasteiger partial charge < -0.3 is 9.64 Å². The summed E-state index contributed by atoms with van der Waals surface area (Å²) in [5, 5.41) is 0. The Balaban J connectivity index is 1.80. The molecule has 1 fully saturated rings. The number of morpholine rings is 1. The Kier molecular flexibility index (Phi) is 3.95. The molecule has 3 heterocycles. The van der Waals surface area contributed by atoms with Crippen molar-refractivity contribution in [2.45, 2.75) is 38.6 Å². The molecule has 0 N–H and O–H groups in total. The van der Waals surface area contributed by atoms with Crippen LogP contribution >= 0.6 is 0 Å². The highest BCUT2D eigenvalue weighted by Gasteiger charge is 2.29. The molecular weight excluding hydrogens is 288 g/mol. The summed E-state index contributed by atoms with van der Waals surface area (Å²) in [6, 6.07) is 4.38. The summed E-state index contributed by atoms with van der Waals surface area (Å²) in [5.74, 6) is 1.96. The Morgan fingerprint density at radius 3 is 2.91 bits per heavy atom. The van der Waals surface area contributed by atoms with Gasteiger partial charge in [0.05, 0.1) is 19.3 Å². The zero-order valence-corrected chi connectivity index (χ0v) is 13.5. The van der Waals surface area contributed by atoms with E-state index in [1.54, 1.807) is 12.4 Å². The first kappa shape index (κ1) is 14.6. The van der Waals surface area contributed by atoms with Crippen molar-refractivity contribution in [3.63, 3.8) is 0 Å². The number of rotatable bonds is 3. The fourth-order valence-corrected chi connectivity index (χ4v) is 3.55.